The van der Waals surface area contributed by atoms with Crippen molar-refractivity contribution in [2.24, 2.45) is 0 Å². The van der Waals surface area contributed by atoms with Crippen molar-refractivity contribution in [1.29, 1.82) is 0 Å². The van der Waals surface area contributed by atoms with Gasteiger partial charge >= 0.3 is 5.97 Å². The predicted octanol–water partition coefficient (Wildman–Crippen LogP) is 4.63. The highest BCUT2D eigenvalue weighted by Crippen LogP contribution is 2.34. The zero-order valence-electron chi connectivity index (χ0n) is 15.9. The fourth-order valence-electron chi connectivity index (χ4n) is 2.72. The molecule has 0 spiro atoms. The van der Waals surface area contributed by atoms with Gasteiger partial charge in [0.2, 0.25) is 0 Å². The van der Waals surface area contributed by atoms with Crippen molar-refractivity contribution in [3.8, 4) is 0 Å². The zero-order valence-corrected chi connectivity index (χ0v) is 16.7. The fraction of sp³-hybridized carbons (Fsp3) is 0.0952. The van der Waals surface area contributed by atoms with Crippen LogP contribution in [0.5, 0.6) is 0 Å². The van der Waals surface area contributed by atoms with Gasteiger partial charge < -0.3 is 15.4 Å². The molecule has 0 bridgehead atoms. The van der Waals surface area contributed by atoms with Crippen molar-refractivity contribution in [3.63, 3.8) is 0 Å². The number of carbonyl (C=O) groups excluding carboxylic acids is 3. The summed E-state index contributed by atoms with van der Waals surface area (Å²) in [4.78, 5) is 37.5. The molecule has 6 nitrogen and oxygen atoms in total. The van der Waals surface area contributed by atoms with Gasteiger partial charge in [-0.3, -0.25) is 9.59 Å². The normalized spacial score (nSPS) is 10.4. The van der Waals surface area contributed by atoms with Gasteiger partial charge in [0.25, 0.3) is 11.8 Å². The number of ether oxygens (including phenoxy) is 1. The lowest BCUT2D eigenvalue weighted by Gasteiger charge is -2.06. The van der Waals surface area contributed by atoms with Gasteiger partial charge in [-0.15, -0.1) is 11.3 Å². The molecule has 0 aliphatic heterocycles. The monoisotopic (exact) mass is 430 g/mol. The second-order valence-electron chi connectivity index (χ2n) is 6.12. The van der Waals surface area contributed by atoms with Crippen molar-refractivity contribution in [3.05, 3.63) is 81.7 Å². The van der Waals surface area contributed by atoms with E-state index in [1.54, 1.807) is 6.07 Å². The Bertz CT molecular complexity index is 1140. The third-order valence-corrected chi connectivity index (χ3v) is 5.42. The third kappa shape index (κ3) is 4.20. The van der Waals surface area contributed by atoms with Gasteiger partial charge in [0.1, 0.15) is 16.6 Å². The van der Waals surface area contributed by atoms with E-state index in [2.05, 4.69) is 10.6 Å². The predicted molar refractivity (Wildman–Crippen MR) is 109 cm³/mol. The Balaban J connectivity index is 1.96. The number of halogens is 2. The molecule has 1 heterocycles. The number of hydrogen-bond acceptors (Lipinski definition) is 5. The number of hydrogen-bond donors (Lipinski definition) is 2. The summed E-state index contributed by atoms with van der Waals surface area (Å²) in [6.45, 7) is 1.50. The Morgan fingerprint density at radius 2 is 1.53 bits per heavy atom. The Morgan fingerprint density at radius 3 is 2.17 bits per heavy atom. The number of nitrogens with one attached hydrogen (secondary N) is 2. The first kappa shape index (κ1) is 21.1. The quantitative estimate of drug-likeness (QED) is 0.578. The van der Waals surface area contributed by atoms with Crippen LogP contribution in [0.25, 0.3) is 0 Å². The molecule has 3 aromatic rings. The standard InChI is InChI=1S/C21H16F2N2O4S/c1-11-16(21(28)29-2)20(25-18(26)12-7-3-4-8-13(12)22)30-17(11)19(27)24-15-10-6-5-9-14(15)23/h3-10H,1-2H3,(H,24,27)(H,25,26). The van der Waals surface area contributed by atoms with Crippen LogP contribution in [0, 0.1) is 18.6 Å². The van der Waals surface area contributed by atoms with E-state index in [9.17, 15) is 23.2 Å². The third-order valence-electron chi connectivity index (χ3n) is 4.21. The summed E-state index contributed by atoms with van der Waals surface area (Å²) in [6, 6.07) is 11.0. The van der Waals surface area contributed by atoms with Crippen molar-refractivity contribution in [1.82, 2.24) is 0 Å². The SMILES string of the molecule is COC(=O)c1c(NC(=O)c2ccccc2F)sc(C(=O)Nc2ccccc2F)c1C. The summed E-state index contributed by atoms with van der Waals surface area (Å²) in [7, 11) is 1.15. The van der Waals surface area contributed by atoms with E-state index in [1.807, 2.05) is 0 Å². The smallest absolute Gasteiger partial charge is 0.341 e. The molecular weight excluding hydrogens is 414 g/mol. The molecule has 0 aliphatic carbocycles. The van der Waals surface area contributed by atoms with E-state index in [0.29, 0.717) is 0 Å². The van der Waals surface area contributed by atoms with Gasteiger partial charge in [-0.1, -0.05) is 24.3 Å². The molecule has 2 amide bonds. The first-order chi connectivity index (χ1) is 14.3. The highest BCUT2D eigenvalue weighted by Gasteiger charge is 2.27. The lowest BCUT2D eigenvalue weighted by Crippen LogP contribution is -2.15. The van der Waals surface area contributed by atoms with E-state index in [0.717, 1.165) is 24.5 Å². The van der Waals surface area contributed by atoms with Crippen molar-refractivity contribution in [2.75, 3.05) is 17.7 Å². The maximum Gasteiger partial charge on any atom is 0.341 e. The first-order valence-corrected chi connectivity index (χ1v) is 9.48. The number of methoxy groups -OCH3 is 1. The second kappa shape index (κ2) is 8.83. The minimum absolute atomic E-state index is 0.0197. The Labute approximate surface area is 174 Å². The van der Waals surface area contributed by atoms with Crippen LogP contribution >= 0.6 is 11.3 Å². The molecule has 2 aromatic carbocycles. The molecule has 0 unspecified atom stereocenters. The number of anilines is 2. The molecule has 0 fully saturated rings. The molecule has 0 aliphatic rings. The van der Waals surface area contributed by atoms with Gasteiger partial charge in [0, 0.05) is 0 Å². The van der Waals surface area contributed by atoms with E-state index in [4.69, 9.17) is 4.74 Å². The van der Waals surface area contributed by atoms with E-state index in [1.165, 1.54) is 43.3 Å². The minimum atomic E-state index is -0.791. The molecule has 2 N–H and O–H groups in total. The number of para-hydroxylation sites is 1. The highest BCUT2D eigenvalue weighted by molar-refractivity contribution is 7.19. The maximum atomic E-state index is 13.9. The molecule has 0 radical (unpaired) electrons. The summed E-state index contributed by atoms with van der Waals surface area (Å²) in [5, 5.41) is 4.91. The lowest BCUT2D eigenvalue weighted by atomic mass is 10.1. The molecule has 0 atom stereocenters. The Kier molecular flexibility index (Phi) is 6.22. The van der Waals surface area contributed by atoms with Crippen molar-refractivity contribution < 1.29 is 27.9 Å². The second-order valence-corrected chi connectivity index (χ2v) is 7.14. The molecule has 154 valence electrons. The molecule has 3 rings (SSSR count). The van der Waals surface area contributed by atoms with Gasteiger partial charge in [0.05, 0.1) is 28.8 Å². The summed E-state index contributed by atoms with van der Waals surface area (Å²) >= 11 is 0.802. The van der Waals surface area contributed by atoms with E-state index >= 15 is 0 Å². The number of amides is 2. The van der Waals surface area contributed by atoms with Crippen LogP contribution in [0.4, 0.5) is 19.5 Å². The van der Waals surface area contributed by atoms with Crippen LogP contribution in [-0.4, -0.2) is 24.9 Å². The largest absolute Gasteiger partial charge is 0.465 e. The summed E-state index contributed by atoms with van der Waals surface area (Å²) in [6.07, 6.45) is 0. The van der Waals surface area contributed by atoms with Crippen molar-refractivity contribution in [2.45, 2.75) is 6.92 Å². The van der Waals surface area contributed by atoms with E-state index in [-0.39, 0.29) is 32.3 Å². The Morgan fingerprint density at radius 1 is 0.900 bits per heavy atom. The number of benzene rings is 2. The van der Waals surface area contributed by atoms with Crippen LogP contribution in [0.3, 0.4) is 0 Å². The van der Waals surface area contributed by atoms with Crippen molar-refractivity contribution >= 4 is 39.8 Å². The highest BCUT2D eigenvalue weighted by atomic mass is 32.1. The Hall–Kier alpha value is -3.59. The number of esters is 1. The van der Waals surface area contributed by atoms with Gasteiger partial charge in [-0.25, -0.2) is 13.6 Å². The summed E-state index contributed by atoms with van der Waals surface area (Å²) in [5.41, 5.74) is -0.0565. The van der Waals surface area contributed by atoms with Gasteiger partial charge in [-0.2, -0.15) is 0 Å². The number of thiophene rings is 1. The van der Waals surface area contributed by atoms with Crippen LogP contribution in [-0.2, 0) is 4.74 Å². The maximum absolute atomic E-state index is 13.9. The molecule has 30 heavy (non-hydrogen) atoms. The summed E-state index contributed by atoms with van der Waals surface area (Å²) in [5.74, 6) is -3.60. The summed E-state index contributed by atoms with van der Waals surface area (Å²) < 4.78 is 32.5. The molecular formula is C21H16F2N2O4S. The average Bonchev–Trinajstić information content (AvgIpc) is 3.05. The van der Waals surface area contributed by atoms with Crippen LogP contribution in [0.1, 0.15) is 36.0 Å². The van der Waals surface area contributed by atoms with Crippen LogP contribution in [0.15, 0.2) is 48.5 Å². The molecule has 9 heteroatoms. The molecule has 0 saturated heterocycles. The first-order valence-electron chi connectivity index (χ1n) is 8.67. The lowest BCUT2D eigenvalue weighted by molar-refractivity contribution is 0.0601. The van der Waals surface area contributed by atoms with Gasteiger partial charge in [-0.05, 0) is 36.8 Å². The fourth-order valence-corrected chi connectivity index (χ4v) is 3.81. The molecule has 1 aromatic heterocycles. The topological polar surface area (TPSA) is 84.5 Å². The van der Waals surface area contributed by atoms with Crippen LogP contribution in [0.2, 0.25) is 0 Å². The number of carbonyl (C=O) groups is 3. The average molecular weight is 430 g/mol. The molecule has 0 saturated carbocycles. The number of rotatable bonds is 5. The van der Waals surface area contributed by atoms with E-state index < -0.39 is 29.4 Å². The minimum Gasteiger partial charge on any atom is -0.465 e. The zero-order chi connectivity index (χ0) is 21.8. The van der Waals surface area contributed by atoms with Gasteiger partial charge in [0.15, 0.2) is 0 Å². The van der Waals surface area contributed by atoms with Crippen LogP contribution < -0.4 is 10.6 Å².